The molecule has 1 heteroatoms. The Bertz CT molecular complexity index is 470. The van der Waals surface area contributed by atoms with E-state index in [4.69, 9.17) is 0 Å². The van der Waals surface area contributed by atoms with E-state index < -0.39 is 0 Å². The Morgan fingerprint density at radius 1 is 0.700 bits per heavy atom. The highest BCUT2D eigenvalue weighted by Crippen LogP contribution is 2.35. The fraction of sp³-hybridized carbons (Fsp3) is 0.368. The molecular weight excluding hydrogens is 244 g/mol. The smallest absolute Gasteiger partial charge is 0.0602 e. The third-order valence-electron chi connectivity index (χ3n) is 4.56. The molecule has 0 heterocycles. The Kier molecular flexibility index (Phi) is 4.17. The lowest BCUT2D eigenvalue weighted by atomic mass is 9.91. The molecule has 1 saturated carbocycles. The zero-order chi connectivity index (χ0) is 13.8. The van der Waals surface area contributed by atoms with E-state index in [1.54, 1.807) is 0 Å². The number of aliphatic hydroxyl groups is 1. The molecule has 0 aromatic heterocycles. The third-order valence-corrected chi connectivity index (χ3v) is 4.56. The van der Waals surface area contributed by atoms with Crippen molar-refractivity contribution in [1.82, 2.24) is 0 Å². The van der Waals surface area contributed by atoms with Crippen molar-refractivity contribution >= 4 is 0 Å². The molecular formula is C19H22O. The molecule has 1 N–H and O–H groups in total. The van der Waals surface area contributed by atoms with Crippen LogP contribution >= 0.6 is 0 Å². The molecule has 2 aromatic rings. The first-order chi connectivity index (χ1) is 9.83. The second-order valence-electron chi connectivity index (χ2n) is 5.97. The molecule has 1 nitrogen and oxygen atoms in total. The lowest BCUT2D eigenvalue weighted by molar-refractivity contribution is 0.0909. The minimum atomic E-state index is -0.157. The maximum absolute atomic E-state index is 10.6. The fourth-order valence-corrected chi connectivity index (χ4v) is 3.43. The standard InChI is InChI=1S/C19H22O/c20-19-17(13-15-7-3-1-4-8-15)11-12-18(19)14-16-9-5-2-6-10-16/h1-10,17-20H,11-14H2/t17-,18-/m1/s1. The molecule has 0 radical (unpaired) electrons. The molecule has 0 aliphatic heterocycles. The summed E-state index contributed by atoms with van der Waals surface area (Å²) in [6, 6.07) is 21.1. The van der Waals surface area contributed by atoms with Crippen molar-refractivity contribution in [2.24, 2.45) is 11.8 Å². The van der Waals surface area contributed by atoms with E-state index in [9.17, 15) is 5.11 Å². The van der Waals surface area contributed by atoms with Gasteiger partial charge in [-0.25, -0.2) is 0 Å². The highest BCUT2D eigenvalue weighted by Gasteiger charge is 2.34. The summed E-state index contributed by atoms with van der Waals surface area (Å²) in [4.78, 5) is 0. The molecule has 0 unspecified atom stereocenters. The Balaban J connectivity index is 1.61. The second kappa shape index (κ2) is 6.23. The predicted molar refractivity (Wildman–Crippen MR) is 82.5 cm³/mol. The Hall–Kier alpha value is -1.60. The third kappa shape index (κ3) is 3.10. The lowest BCUT2D eigenvalue weighted by Crippen LogP contribution is -2.24. The van der Waals surface area contributed by atoms with Crippen LogP contribution in [0.2, 0.25) is 0 Å². The SMILES string of the molecule is OC1[C@@H](Cc2ccccc2)CC[C@@H]1Cc1ccccc1. The zero-order valence-corrected chi connectivity index (χ0v) is 11.8. The molecule has 2 atom stereocenters. The van der Waals surface area contributed by atoms with E-state index in [1.165, 1.54) is 11.1 Å². The van der Waals surface area contributed by atoms with Crippen molar-refractivity contribution in [1.29, 1.82) is 0 Å². The Morgan fingerprint density at radius 2 is 1.10 bits per heavy atom. The number of benzene rings is 2. The lowest BCUT2D eigenvalue weighted by Gasteiger charge is -2.20. The summed E-state index contributed by atoms with van der Waals surface area (Å²) in [5.74, 6) is 0.845. The van der Waals surface area contributed by atoms with Crippen LogP contribution < -0.4 is 0 Å². The van der Waals surface area contributed by atoms with E-state index in [2.05, 4.69) is 48.5 Å². The summed E-state index contributed by atoms with van der Waals surface area (Å²) in [6.07, 6.45) is 4.15. The number of aliphatic hydroxyl groups excluding tert-OH is 1. The molecule has 1 aliphatic carbocycles. The molecule has 20 heavy (non-hydrogen) atoms. The molecule has 0 spiro atoms. The molecule has 0 bridgehead atoms. The largest absolute Gasteiger partial charge is 0.393 e. The maximum Gasteiger partial charge on any atom is 0.0602 e. The quantitative estimate of drug-likeness (QED) is 0.891. The fourth-order valence-electron chi connectivity index (χ4n) is 3.43. The summed E-state index contributed by atoms with van der Waals surface area (Å²) in [7, 11) is 0. The molecule has 104 valence electrons. The van der Waals surface area contributed by atoms with Crippen molar-refractivity contribution in [3.63, 3.8) is 0 Å². The Labute approximate surface area is 121 Å². The summed E-state index contributed by atoms with van der Waals surface area (Å²) in [6.45, 7) is 0. The van der Waals surface area contributed by atoms with E-state index >= 15 is 0 Å². The molecule has 1 fully saturated rings. The maximum atomic E-state index is 10.6. The molecule has 1 aliphatic rings. The monoisotopic (exact) mass is 266 g/mol. The van der Waals surface area contributed by atoms with Crippen LogP contribution in [-0.2, 0) is 12.8 Å². The van der Waals surface area contributed by atoms with E-state index in [0.29, 0.717) is 11.8 Å². The van der Waals surface area contributed by atoms with Gasteiger partial charge in [-0.15, -0.1) is 0 Å². The van der Waals surface area contributed by atoms with Crippen LogP contribution in [0.3, 0.4) is 0 Å². The van der Waals surface area contributed by atoms with Gasteiger partial charge in [-0.1, -0.05) is 60.7 Å². The van der Waals surface area contributed by atoms with Gasteiger partial charge in [0.15, 0.2) is 0 Å². The van der Waals surface area contributed by atoms with Crippen LogP contribution in [0, 0.1) is 11.8 Å². The van der Waals surface area contributed by atoms with Gasteiger partial charge in [0.05, 0.1) is 6.10 Å². The molecule has 0 amide bonds. The van der Waals surface area contributed by atoms with Crippen molar-refractivity contribution < 1.29 is 5.11 Å². The average molecular weight is 266 g/mol. The van der Waals surface area contributed by atoms with Crippen LogP contribution in [0.4, 0.5) is 0 Å². The first-order valence-electron chi connectivity index (χ1n) is 7.59. The van der Waals surface area contributed by atoms with Gasteiger partial charge in [0.25, 0.3) is 0 Å². The summed E-state index contributed by atoms with van der Waals surface area (Å²) < 4.78 is 0. The van der Waals surface area contributed by atoms with Gasteiger partial charge in [-0.05, 0) is 48.6 Å². The van der Waals surface area contributed by atoms with E-state index in [0.717, 1.165) is 25.7 Å². The summed E-state index contributed by atoms with van der Waals surface area (Å²) in [5, 5.41) is 10.6. The van der Waals surface area contributed by atoms with Crippen molar-refractivity contribution in [2.45, 2.75) is 31.8 Å². The van der Waals surface area contributed by atoms with E-state index in [-0.39, 0.29) is 6.10 Å². The Morgan fingerprint density at radius 3 is 1.50 bits per heavy atom. The number of hydrogen-bond acceptors (Lipinski definition) is 1. The van der Waals surface area contributed by atoms with Gasteiger partial charge in [0, 0.05) is 0 Å². The van der Waals surface area contributed by atoms with Gasteiger partial charge in [-0.3, -0.25) is 0 Å². The number of hydrogen-bond donors (Lipinski definition) is 1. The van der Waals surface area contributed by atoms with Gasteiger partial charge in [-0.2, -0.15) is 0 Å². The van der Waals surface area contributed by atoms with Crippen LogP contribution in [0.15, 0.2) is 60.7 Å². The van der Waals surface area contributed by atoms with Crippen molar-refractivity contribution in [3.05, 3.63) is 71.8 Å². The van der Waals surface area contributed by atoms with Gasteiger partial charge >= 0.3 is 0 Å². The summed E-state index contributed by atoms with van der Waals surface area (Å²) >= 11 is 0. The molecule has 0 saturated heterocycles. The normalized spacial score (nSPS) is 23.1. The average Bonchev–Trinajstić information content (AvgIpc) is 2.83. The second-order valence-corrected chi connectivity index (χ2v) is 5.97. The van der Waals surface area contributed by atoms with Crippen LogP contribution in [0.1, 0.15) is 24.0 Å². The van der Waals surface area contributed by atoms with Crippen molar-refractivity contribution in [2.75, 3.05) is 0 Å². The van der Waals surface area contributed by atoms with Gasteiger partial charge in [0.1, 0.15) is 0 Å². The van der Waals surface area contributed by atoms with Crippen LogP contribution in [-0.4, -0.2) is 11.2 Å². The first kappa shape index (κ1) is 13.4. The van der Waals surface area contributed by atoms with E-state index in [1.807, 2.05) is 12.1 Å². The van der Waals surface area contributed by atoms with Crippen LogP contribution in [0.5, 0.6) is 0 Å². The predicted octanol–water partition coefficient (Wildman–Crippen LogP) is 3.86. The highest BCUT2D eigenvalue weighted by atomic mass is 16.3. The van der Waals surface area contributed by atoms with Gasteiger partial charge in [0.2, 0.25) is 0 Å². The van der Waals surface area contributed by atoms with Gasteiger partial charge < -0.3 is 5.11 Å². The minimum absolute atomic E-state index is 0.157. The molecule has 2 aromatic carbocycles. The molecule has 3 rings (SSSR count). The number of rotatable bonds is 4. The minimum Gasteiger partial charge on any atom is -0.393 e. The van der Waals surface area contributed by atoms with Crippen LogP contribution in [0.25, 0.3) is 0 Å². The topological polar surface area (TPSA) is 20.2 Å². The zero-order valence-electron chi connectivity index (χ0n) is 11.8. The van der Waals surface area contributed by atoms with Crippen molar-refractivity contribution in [3.8, 4) is 0 Å². The summed E-state index contributed by atoms with van der Waals surface area (Å²) in [5.41, 5.74) is 2.69. The first-order valence-corrected chi connectivity index (χ1v) is 7.59. The highest BCUT2D eigenvalue weighted by molar-refractivity contribution is 5.18.